The van der Waals surface area contributed by atoms with Crippen LogP contribution in [0.2, 0.25) is 0 Å². The van der Waals surface area contributed by atoms with Crippen molar-refractivity contribution in [2.45, 2.75) is 48.5 Å². The highest BCUT2D eigenvalue weighted by atomic mass is 32.2. The molecule has 3 heterocycles. The van der Waals surface area contributed by atoms with Crippen molar-refractivity contribution in [3.05, 3.63) is 17.9 Å². The van der Waals surface area contributed by atoms with E-state index in [1.807, 2.05) is 0 Å². The summed E-state index contributed by atoms with van der Waals surface area (Å²) in [6, 6.07) is 0.0593. The number of hydrogen-bond donors (Lipinski definition) is 1. The number of amidine groups is 1. The maximum atomic E-state index is 14.2. The zero-order chi connectivity index (χ0) is 18.2. The number of likely N-dealkylation sites (N-methyl/N-ethyl adjacent to an activating group) is 1. The third-order valence-electron chi connectivity index (χ3n) is 5.73. The van der Waals surface area contributed by atoms with E-state index in [0.29, 0.717) is 29.5 Å². The number of aliphatic imine (C=N–C) groups is 1. The molecule has 1 saturated carbocycles. The van der Waals surface area contributed by atoms with Crippen LogP contribution in [0.3, 0.4) is 0 Å². The van der Waals surface area contributed by atoms with Gasteiger partial charge in [0.25, 0.3) is 0 Å². The standard InChI is InChI=1S/C17H18F4N4S/c1-24-7-10-6-12(24)15(17(19,20)21)25(10)11-4-9(18)5-13-14(11)22-16(23-26-13)8-2-3-8/h4-5,8,10,12,15H,2-3,6-7H2,1H3,(H,22,23)/t10-,12-,15?/m0/s1. The second kappa shape index (κ2) is 5.51. The quantitative estimate of drug-likeness (QED) is 0.620. The van der Waals surface area contributed by atoms with Gasteiger partial charge in [0.1, 0.15) is 23.4 Å². The molecule has 4 nitrogen and oxygen atoms in total. The fourth-order valence-electron chi connectivity index (χ4n) is 4.44. The summed E-state index contributed by atoms with van der Waals surface area (Å²) in [5, 5.41) is 0. The number of nitrogens with zero attached hydrogens (tertiary/aromatic N) is 3. The number of fused-ring (bicyclic) bond motifs is 3. The lowest BCUT2D eigenvalue weighted by molar-refractivity contribution is -0.159. The smallest absolute Gasteiger partial charge is 0.352 e. The van der Waals surface area contributed by atoms with E-state index in [1.165, 1.54) is 29.0 Å². The van der Waals surface area contributed by atoms with Gasteiger partial charge in [0.2, 0.25) is 0 Å². The fourth-order valence-corrected chi connectivity index (χ4v) is 5.28. The first-order chi connectivity index (χ1) is 12.3. The van der Waals surface area contributed by atoms with E-state index in [4.69, 9.17) is 0 Å². The average Bonchev–Trinajstić information content (AvgIpc) is 3.26. The second-order valence-electron chi connectivity index (χ2n) is 7.54. The van der Waals surface area contributed by atoms with E-state index in [2.05, 4.69) is 9.71 Å². The molecule has 1 aliphatic carbocycles. The second-order valence-corrected chi connectivity index (χ2v) is 8.39. The normalized spacial score (nSPS) is 31.0. The lowest BCUT2D eigenvalue weighted by atomic mass is 10.1. The van der Waals surface area contributed by atoms with Crippen LogP contribution in [0.4, 0.5) is 28.9 Å². The highest BCUT2D eigenvalue weighted by Gasteiger charge is 2.60. The van der Waals surface area contributed by atoms with Gasteiger partial charge < -0.3 is 9.62 Å². The molecule has 5 rings (SSSR count). The fraction of sp³-hybridized carbons (Fsp3) is 0.588. The van der Waals surface area contributed by atoms with Gasteiger partial charge in [-0.3, -0.25) is 4.90 Å². The number of anilines is 1. The SMILES string of the molecule is CN1C[C@@H]2C[C@H]1C(C(F)(F)F)N2c1cc(F)cc2c1N=C(C1CC1)NS2. The van der Waals surface area contributed by atoms with Crippen LogP contribution in [0, 0.1) is 11.7 Å². The zero-order valence-corrected chi connectivity index (χ0v) is 14.9. The minimum atomic E-state index is -4.38. The van der Waals surface area contributed by atoms with Crippen LogP contribution in [-0.4, -0.2) is 48.6 Å². The molecule has 0 spiro atoms. The number of likely N-dealkylation sites (tertiary alicyclic amines) is 1. The predicted octanol–water partition coefficient (Wildman–Crippen LogP) is 3.70. The van der Waals surface area contributed by atoms with Gasteiger partial charge in [-0.1, -0.05) is 0 Å². The molecule has 0 amide bonds. The molecule has 1 N–H and O–H groups in total. The Labute approximate surface area is 152 Å². The van der Waals surface area contributed by atoms with Crippen molar-refractivity contribution in [1.29, 1.82) is 0 Å². The summed E-state index contributed by atoms with van der Waals surface area (Å²) in [6.45, 7) is 0.549. The minimum absolute atomic E-state index is 0.273. The Balaban J connectivity index is 1.63. The van der Waals surface area contributed by atoms with E-state index in [1.54, 1.807) is 11.9 Å². The molecular weight excluding hydrogens is 368 g/mol. The molecule has 3 aliphatic heterocycles. The third kappa shape index (κ3) is 2.51. The molecule has 1 aromatic rings. The Morgan fingerprint density at radius 2 is 2.04 bits per heavy atom. The van der Waals surface area contributed by atoms with Crippen LogP contribution in [0.1, 0.15) is 19.3 Å². The van der Waals surface area contributed by atoms with Crippen LogP contribution >= 0.6 is 11.9 Å². The lowest BCUT2D eigenvalue weighted by Gasteiger charge is -2.42. The highest BCUT2D eigenvalue weighted by molar-refractivity contribution is 7.98. The van der Waals surface area contributed by atoms with E-state index in [0.717, 1.165) is 18.7 Å². The molecule has 1 unspecified atom stereocenters. The molecule has 26 heavy (non-hydrogen) atoms. The molecular formula is C17H18F4N4S. The highest BCUT2D eigenvalue weighted by Crippen LogP contribution is 2.50. The van der Waals surface area contributed by atoms with Crippen molar-refractivity contribution < 1.29 is 17.6 Å². The van der Waals surface area contributed by atoms with Gasteiger partial charge in [-0.25, -0.2) is 9.38 Å². The topological polar surface area (TPSA) is 30.9 Å². The van der Waals surface area contributed by atoms with E-state index in [9.17, 15) is 17.6 Å². The molecule has 3 fully saturated rings. The number of benzene rings is 1. The van der Waals surface area contributed by atoms with Crippen LogP contribution in [0.15, 0.2) is 22.0 Å². The van der Waals surface area contributed by atoms with Crippen LogP contribution in [0.25, 0.3) is 0 Å². The largest absolute Gasteiger partial charge is 0.410 e. The molecule has 3 atom stereocenters. The number of halogens is 4. The van der Waals surface area contributed by atoms with Crippen molar-refractivity contribution in [3.63, 3.8) is 0 Å². The molecule has 0 aromatic heterocycles. The lowest BCUT2D eigenvalue weighted by Crippen LogP contribution is -2.58. The van der Waals surface area contributed by atoms with Gasteiger partial charge in [-0.05, 0) is 50.4 Å². The van der Waals surface area contributed by atoms with Gasteiger partial charge in [-0.15, -0.1) is 0 Å². The van der Waals surface area contributed by atoms with E-state index < -0.39 is 24.1 Å². The molecule has 2 saturated heterocycles. The summed E-state index contributed by atoms with van der Waals surface area (Å²) >= 11 is 1.24. The first kappa shape index (κ1) is 16.7. The van der Waals surface area contributed by atoms with Crippen molar-refractivity contribution in [1.82, 2.24) is 9.62 Å². The maximum absolute atomic E-state index is 14.2. The van der Waals surface area contributed by atoms with E-state index >= 15 is 0 Å². The number of hydrogen-bond acceptors (Lipinski definition) is 5. The Morgan fingerprint density at radius 1 is 1.27 bits per heavy atom. The number of alkyl halides is 3. The molecule has 140 valence electrons. The summed E-state index contributed by atoms with van der Waals surface area (Å²) in [6.07, 6.45) is -1.88. The summed E-state index contributed by atoms with van der Waals surface area (Å²) in [5.74, 6) is 0.601. The predicted molar refractivity (Wildman–Crippen MR) is 92.4 cm³/mol. The van der Waals surface area contributed by atoms with Gasteiger partial charge in [-0.2, -0.15) is 13.2 Å². The number of rotatable bonds is 2. The molecule has 4 aliphatic rings. The van der Waals surface area contributed by atoms with Gasteiger partial charge in [0.05, 0.1) is 10.6 Å². The minimum Gasteiger partial charge on any atom is -0.352 e. The Morgan fingerprint density at radius 3 is 2.73 bits per heavy atom. The summed E-state index contributed by atoms with van der Waals surface area (Å²) < 4.78 is 58.9. The van der Waals surface area contributed by atoms with Crippen LogP contribution < -0.4 is 9.62 Å². The van der Waals surface area contributed by atoms with Gasteiger partial charge in [0, 0.05) is 24.5 Å². The number of nitrogens with one attached hydrogen (secondary N) is 1. The molecule has 1 aromatic carbocycles. The Kier molecular flexibility index (Phi) is 3.54. The van der Waals surface area contributed by atoms with Crippen molar-refractivity contribution in [3.8, 4) is 0 Å². The maximum Gasteiger partial charge on any atom is 0.410 e. The van der Waals surface area contributed by atoms with Crippen molar-refractivity contribution in [2.75, 3.05) is 18.5 Å². The summed E-state index contributed by atoms with van der Waals surface area (Å²) in [5.41, 5.74) is 0.747. The van der Waals surface area contributed by atoms with Gasteiger partial charge >= 0.3 is 6.18 Å². The summed E-state index contributed by atoms with van der Waals surface area (Å²) in [4.78, 5) is 8.30. The van der Waals surface area contributed by atoms with E-state index in [-0.39, 0.29) is 11.7 Å². The third-order valence-corrected chi connectivity index (χ3v) is 6.57. The number of piperazine rings is 1. The first-order valence-corrected chi connectivity index (χ1v) is 9.55. The monoisotopic (exact) mass is 386 g/mol. The Bertz CT molecular complexity index is 792. The first-order valence-electron chi connectivity index (χ1n) is 8.73. The molecule has 9 heteroatoms. The van der Waals surface area contributed by atoms with Crippen LogP contribution in [0.5, 0.6) is 0 Å². The average molecular weight is 386 g/mol. The summed E-state index contributed by atoms with van der Waals surface area (Å²) in [7, 11) is 1.73. The Hall–Kier alpha value is -1.48. The van der Waals surface area contributed by atoms with Gasteiger partial charge in [0.15, 0.2) is 0 Å². The van der Waals surface area contributed by atoms with Crippen molar-refractivity contribution >= 4 is 29.2 Å². The molecule has 0 radical (unpaired) electrons. The zero-order valence-electron chi connectivity index (χ0n) is 14.1. The molecule has 2 bridgehead atoms. The van der Waals surface area contributed by atoms with Crippen molar-refractivity contribution in [2.24, 2.45) is 10.9 Å². The van der Waals surface area contributed by atoms with Crippen LogP contribution in [-0.2, 0) is 0 Å².